The summed E-state index contributed by atoms with van der Waals surface area (Å²) in [5.41, 5.74) is 8.73. The van der Waals surface area contributed by atoms with Crippen LogP contribution in [0.4, 0.5) is 5.69 Å². The predicted molar refractivity (Wildman–Crippen MR) is 135 cm³/mol. The number of carbonyl (C=O) groups excluding carboxylic acids is 1. The highest BCUT2D eigenvalue weighted by molar-refractivity contribution is 6.12. The van der Waals surface area contributed by atoms with E-state index in [0.717, 1.165) is 39.7 Å². The van der Waals surface area contributed by atoms with Crippen molar-refractivity contribution in [1.29, 1.82) is 0 Å². The van der Waals surface area contributed by atoms with E-state index in [-0.39, 0.29) is 17.2 Å². The van der Waals surface area contributed by atoms with Gasteiger partial charge in [-0.2, -0.15) is 0 Å². The van der Waals surface area contributed by atoms with Crippen LogP contribution in [0.25, 0.3) is 27.6 Å². The SMILES string of the molecule is CC1(C)CC(=O)C2=C(C1)c1c(ccc3ncccc13)N[C@@H]2c1ccc(-c2ccccc2)cc1. The highest BCUT2D eigenvalue weighted by Crippen LogP contribution is 2.51. The fourth-order valence-electron chi connectivity index (χ4n) is 5.47. The van der Waals surface area contributed by atoms with E-state index in [9.17, 15) is 4.79 Å². The third-order valence-electron chi connectivity index (χ3n) is 6.95. The highest BCUT2D eigenvalue weighted by Gasteiger charge is 2.40. The van der Waals surface area contributed by atoms with Gasteiger partial charge >= 0.3 is 0 Å². The lowest BCUT2D eigenvalue weighted by Crippen LogP contribution is -2.33. The van der Waals surface area contributed by atoms with Crippen molar-refractivity contribution in [1.82, 2.24) is 4.98 Å². The Morgan fingerprint density at radius 1 is 0.848 bits per heavy atom. The smallest absolute Gasteiger partial charge is 0.162 e. The molecule has 2 aliphatic rings. The van der Waals surface area contributed by atoms with Crippen molar-refractivity contribution < 1.29 is 4.79 Å². The van der Waals surface area contributed by atoms with E-state index in [1.807, 2.05) is 18.3 Å². The lowest BCUT2D eigenvalue weighted by Gasteiger charge is -2.40. The van der Waals surface area contributed by atoms with Gasteiger partial charge in [-0.25, -0.2) is 0 Å². The first-order valence-electron chi connectivity index (χ1n) is 11.6. The second-order valence-electron chi connectivity index (χ2n) is 9.96. The average molecular weight is 431 g/mol. The van der Waals surface area contributed by atoms with Gasteiger partial charge in [0.1, 0.15) is 0 Å². The second-order valence-corrected chi connectivity index (χ2v) is 9.96. The minimum absolute atomic E-state index is 0.0589. The van der Waals surface area contributed by atoms with Crippen molar-refractivity contribution in [2.75, 3.05) is 5.32 Å². The number of hydrogen-bond acceptors (Lipinski definition) is 3. The molecule has 0 bridgehead atoms. The van der Waals surface area contributed by atoms with Crippen molar-refractivity contribution in [3.05, 3.63) is 102 Å². The van der Waals surface area contributed by atoms with E-state index in [1.54, 1.807) is 0 Å². The molecule has 0 saturated heterocycles. The normalized spacial score (nSPS) is 19.1. The molecule has 1 atom stereocenters. The number of anilines is 1. The van der Waals surface area contributed by atoms with Crippen LogP contribution in [0.3, 0.4) is 0 Å². The average Bonchev–Trinajstić information content (AvgIpc) is 2.83. The van der Waals surface area contributed by atoms with Crippen LogP contribution in [0, 0.1) is 5.41 Å². The summed E-state index contributed by atoms with van der Waals surface area (Å²) in [6, 6.07) is 27.2. The standard InChI is InChI=1S/C30H26N2O/c1-30(2)17-23-27-22-9-6-16-31-24(22)14-15-25(27)32-29(28(23)26(33)18-30)21-12-10-20(11-13-21)19-7-4-3-5-8-19/h3-16,29,32H,17-18H2,1-2H3/t29-/m1/s1. The van der Waals surface area contributed by atoms with E-state index >= 15 is 0 Å². The second kappa shape index (κ2) is 7.41. The summed E-state index contributed by atoms with van der Waals surface area (Å²) in [7, 11) is 0. The number of carbonyl (C=O) groups is 1. The van der Waals surface area contributed by atoms with E-state index < -0.39 is 0 Å². The number of Topliss-reactive ketones (excluding diaryl/α,β-unsaturated/α-hetero) is 1. The molecule has 3 aromatic carbocycles. The number of benzene rings is 3. The maximum Gasteiger partial charge on any atom is 0.162 e. The van der Waals surface area contributed by atoms with Gasteiger partial charge in [0.2, 0.25) is 0 Å². The van der Waals surface area contributed by atoms with Crippen LogP contribution < -0.4 is 5.32 Å². The fourth-order valence-corrected chi connectivity index (χ4v) is 5.47. The minimum atomic E-state index is -0.143. The molecule has 3 heteroatoms. The van der Waals surface area contributed by atoms with Crippen LogP contribution >= 0.6 is 0 Å². The monoisotopic (exact) mass is 430 g/mol. The molecule has 3 nitrogen and oxygen atoms in total. The number of pyridine rings is 1. The Morgan fingerprint density at radius 3 is 2.39 bits per heavy atom. The number of ketones is 1. The molecule has 4 aromatic rings. The summed E-state index contributed by atoms with van der Waals surface area (Å²) < 4.78 is 0. The third-order valence-corrected chi connectivity index (χ3v) is 6.95. The zero-order chi connectivity index (χ0) is 22.6. The van der Waals surface area contributed by atoms with E-state index in [1.165, 1.54) is 16.7 Å². The first kappa shape index (κ1) is 19.9. The first-order chi connectivity index (χ1) is 16.0. The quantitative estimate of drug-likeness (QED) is 0.365. The molecule has 0 unspecified atom stereocenters. The molecule has 1 aliphatic carbocycles. The van der Waals surface area contributed by atoms with Gasteiger partial charge in [-0.3, -0.25) is 9.78 Å². The van der Waals surface area contributed by atoms with Crippen LogP contribution in [0.15, 0.2) is 90.6 Å². The van der Waals surface area contributed by atoms with Gasteiger partial charge in [0.25, 0.3) is 0 Å². The molecule has 162 valence electrons. The van der Waals surface area contributed by atoms with E-state index in [4.69, 9.17) is 0 Å². The molecule has 0 spiro atoms. The Morgan fingerprint density at radius 2 is 1.61 bits per heavy atom. The maximum absolute atomic E-state index is 13.5. The number of hydrogen-bond donors (Lipinski definition) is 1. The summed E-state index contributed by atoms with van der Waals surface area (Å²) in [5.74, 6) is 0.248. The van der Waals surface area contributed by atoms with Crippen molar-refractivity contribution in [3.8, 4) is 11.1 Å². The summed E-state index contributed by atoms with van der Waals surface area (Å²) >= 11 is 0. The van der Waals surface area contributed by atoms with Crippen molar-refractivity contribution in [3.63, 3.8) is 0 Å². The minimum Gasteiger partial charge on any atom is -0.373 e. The fraction of sp³-hybridized carbons (Fsp3) is 0.200. The van der Waals surface area contributed by atoms with Gasteiger partial charge in [-0.15, -0.1) is 0 Å². The molecule has 0 saturated carbocycles. The molecule has 6 rings (SSSR count). The van der Waals surface area contributed by atoms with Gasteiger partial charge < -0.3 is 5.32 Å². The Labute approximate surface area is 194 Å². The van der Waals surface area contributed by atoms with Crippen LogP contribution in [0.2, 0.25) is 0 Å². The lowest BCUT2D eigenvalue weighted by molar-refractivity contribution is -0.118. The van der Waals surface area contributed by atoms with Gasteiger partial charge in [-0.05, 0) is 52.3 Å². The molecule has 1 aliphatic heterocycles. The first-order valence-corrected chi connectivity index (χ1v) is 11.6. The molecular weight excluding hydrogens is 404 g/mol. The number of fused-ring (bicyclic) bond motifs is 4. The number of nitrogens with zero attached hydrogens (tertiary/aromatic N) is 1. The largest absolute Gasteiger partial charge is 0.373 e. The van der Waals surface area contributed by atoms with Crippen LogP contribution in [0.5, 0.6) is 0 Å². The molecule has 2 heterocycles. The Hall–Kier alpha value is -3.72. The molecule has 0 radical (unpaired) electrons. The number of allylic oxidation sites excluding steroid dienone is 1. The van der Waals surface area contributed by atoms with E-state index in [0.29, 0.717) is 6.42 Å². The summed E-state index contributed by atoms with van der Waals surface area (Å²) in [5, 5.41) is 4.82. The zero-order valence-corrected chi connectivity index (χ0v) is 18.9. The van der Waals surface area contributed by atoms with Crippen molar-refractivity contribution in [2.45, 2.75) is 32.7 Å². The summed E-state index contributed by atoms with van der Waals surface area (Å²) in [4.78, 5) is 18.1. The van der Waals surface area contributed by atoms with E-state index in [2.05, 4.69) is 90.9 Å². The number of nitrogens with one attached hydrogen (secondary N) is 1. The molecule has 33 heavy (non-hydrogen) atoms. The van der Waals surface area contributed by atoms with Crippen molar-refractivity contribution in [2.24, 2.45) is 5.41 Å². The maximum atomic E-state index is 13.5. The summed E-state index contributed by atoms with van der Waals surface area (Å²) in [6.07, 6.45) is 3.28. The lowest BCUT2D eigenvalue weighted by atomic mass is 9.68. The molecule has 1 aromatic heterocycles. The van der Waals surface area contributed by atoms with Crippen molar-refractivity contribution >= 4 is 27.9 Å². The van der Waals surface area contributed by atoms with Gasteiger partial charge in [0.15, 0.2) is 5.78 Å². The highest BCUT2D eigenvalue weighted by atomic mass is 16.1. The molecular formula is C30H26N2O. The predicted octanol–water partition coefficient (Wildman–Crippen LogP) is 7.21. The number of aromatic nitrogens is 1. The third kappa shape index (κ3) is 3.36. The van der Waals surface area contributed by atoms with Gasteiger partial charge in [0, 0.05) is 34.8 Å². The summed E-state index contributed by atoms with van der Waals surface area (Å²) in [6.45, 7) is 4.40. The molecule has 0 amide bonds. The topological polar surface area (TPSA) is 42.0 Å². The zero-order valence-electron chi connectivity index (χ0n) is 18.9. The Balaban J connectivity index is 1.51. The van der Waals surface area contributed by atoms with Gasteiger partial charge in [-0.1, -0.05) is 74.5 Å². The molecule has 0 fully saturated rings. The number of rotatable bonds is 2. The molecule has 1 N–H and O–H groups in total. The van der Waals surface area contributed by atoms with Crippen LogP contribution in [-0.2, 0) is 4.79 Å². The van der Waals surface area contributed by atoms with Crippen LogP contribution in [0.1, 0.15) is 43.9 Å². The Bertz CT molecular complexity index is 1420. The Kier molecular flexibility index (Phi) is 4.48. The van der Waals surface area contributed by atoms with Gasteiger partial charge in [0.05, 0.1) is 11.6 Å². The van der Waals surface area contributed by atoms with Crippen LogP contribution in [-0.4, -0.2) is 10.8 Å².